The predicted molar refractivity (Wildman–Crippen MR) is 86.2 cm³/mol. The van der Waals surface area contributed by atoms with Crippen LogP contribution in [0.5, 0.6) is 0 Å². The molecule has 1 unspecified atom stereocenters. The van der Waals surface area contributed by atoms with Crippen molar-refractivity contribution in [3.8, 4) is 0 Å². The molecule has 2 aliphatic rings. The summed E-state index contributed by atoms with van der Waals surface area (Å²) in [5.74, 6) is -1.09. The molecule has 0 radical (unpaired) electrons. The van der Waals surface area contributed by atoms with Crippen molar-refractivity contribution in [2.75, 3.05) is 6.61 Å². The first-order valence-corrected chi connectivity index (χ1v) is 8.14. The van der Waals surface area contributed by atoms with Gasteiger partial charge in [0.05, 0.1) is 19.1 Å². The number of esters is 1. The number of ketones is 1. The molecule has 0 bridgehead atoms. The van der Waals surface area contributed by atoms with Gasteiger partial charge < -0.3 is 18.9 Å². The minimum atomic E-state index is -0.890. The maximum absolute atomic E-state index is 12.6. The summed E-state index contributed by atoms with van der Waals surface area (Å²) in [4.78, 5) is 37.2. The maximum Gasteiger partial charge on any atom is 0.413 e. The van der Waals surface area contributed by atoms with Crippen molar-refractivity contribution in [3.05, 3.63) is 12.0 Å². The fourth-order valence-electron chi connectivity index (χ4n) is 2.78. The van der Waals surface area contributed by atoms with Gasteiger partial charge in [-0.1, -0.05) is 0 Å². The van der Waals surface area contributed by atoms with Crippen LogP contribution in [0.4, 0.5) is 4.79 Å². The van der Waals surface area contributed by atoms with Gasteiger partial charge in [-0.25, -0.2) is 4.79 Å². The van der Waals surface area contributed by atoms with Gasteiger partial charge in [-0.15, -0.1) is 0 Å². The summed E-state index contributed by atoms with van der Waals surface area (Å²) >= 11 is 0. The van der Waals surface area contributed by atoms with E-state index in [0.29, 0.717) is 0 Å². The van der Waals surface area contributed by atoms with Gasteiger partial charge in [-0.2, -0.15) is 0 Å². The van der Waals surface area contributed by atoms with Crippen molar-refractivity contribution in [1.82, 2.24) is 4.90 Å². The second-order valence-electron chi connectivity index (χ2n) is 7.55. The van der Waals surface area contributed by atoms with Crippen LogP contribution in [0.15, 0.2) is 12.0 Å². The minimum absolute atomic E-state index is 0.0253. The van der Waals surface area contributed by atoms with E-state index in [0.717, 1.165) is 6.26 Å². The molecule has 0 aromatic carbocycles. The zero-order chi connectivity index (χ0) is 19.0. The number of amides is 1. The number of carbonyl (C=O) groups is 3. The minimum Gasteiger partial charge on any atom is -0.491 e. The second kappa shape index (κ2) is 6.67. The SMILES string of the molecule is CC(=O)OC1=COC([C@@H]2COC(C)(C)N2C(=O)OC(C)(C)C)CC1=O. The summed E-state index contributed by atoms with van der Waals surface area (Å²) < 4.78 is 21.5. The lowest BCUT2D eigenvalue weighted by Gasteiger charge is -2.37. The highest BCUT2D eigenvalue weighted by Crippen LogP contribution is 2.34. The molecule has 0 aliphatic carbocycles. The summed E-state index contributed by atoms with van der Waals surface area (Å²) in [6.45, 7) is 10.2. The molecule has 0 spiro atoms. The predicted octanol–water partition coefficient (Wildman–Crippen LogP) is 2.12. The Labute approximate surface area is 147 Å². The Bertz CT molecular complexity index is 603. The summed E-state index contributed by atoms with van der Waals surface area (Å²) in [5.41, 5.74) is -1.55. The van der Waals surface area contributed by atoms with Crippen molar-refractivity contribution in [2.45, 2.75) is 71.4 Å². The first-order chi connectivity index (χ1) is 11.4. The molecule has 0 N–H and O–H groups in total. The van der Waals surface area contributed by atoms with E-state index in [1.807, 2.05) is 0 Å². The molecular formula is C17H25NO7. The Kier molecular flexibility index (Phi) is 5.13. The van der Waals surface area contributed by atoms with Crippen LogP contribution in [-0.4, -0.2) is 52.8 Å². The Morgan fingerprint density at radius 3 is 2.48 bits per heavy atom. The molecule has 2 aliphatic heterocycles. The molecule has 1 amide bonds. The first-order valence-electron chi connectivity index (χ1n) is 8.14. The van der Waals surface area contributed by atoms with Gasteiger partial charge in [0.2, 0.25) is 11.5 Å². The van der Waals surface area contributed by atoms with E-state index >= 15 is 0 Å². The van der Waals surface area contributed by atoms with E-state index in [9.17, 15) is 14.4 Å². The molecule has 0 aromatic rings. The van der Waals surface area contributed by atoms with Gasteiger partial charge in [-0.3, -0.25) is 14.5 Å². The van der Waals surface area contributed by atoms with Crippen molar-refractivity contribution in [2.24, 2.45) is 0 Å². The first kappa shape index (κ1) is 19.2. The molecule has 8 nitrogen and oxygen atoms in total. The smallest absolute Gasteiger partial charge is 0.413 e. The number of hydrogen-bond donors (Lipinski definition) is 0. The van der Waals surface area contributed by atoms with Crippen molar-refractivity contribution >= 4 is 17.8 Å². The molecule has 25 heavy (non-hydrogen) atoms. The molecule has 1 fully saturated rings. The fraction of sp³-hybridized carbons (Fsp3) is 0.706. The van der Waals surface area contributed by atoms with Crippen molar-refractivity contribution < 1.29 is 33.3 Å². The molecule has 1 saturated heterocycles. The van der Waals surface area contributed by atoms with Crippen LogP contribution in [0.1, 0.15) is 48.0 Å². The topological polar surface area (TPSA) is 91.4 Å². The Morgan fingerprint density at radius 2 is 1.96 bits per heavy atom. The number of allylic oxidation sites excluding steroid dienone is 1. The highest BCUT2D eigenvalue weighted by molar-refractivity contribution is 5.96. The van der Waals surface area contributed by atoms with Crippen LogP contribution < -0.4 is 0 Å². The van der Waals surface area contributed by atoms with E-state index in [2.05, 4.69) is 0 Å². The Balaban J connectivity index is 2.18. The Morgan fingerprint density at radius 1 is 1.32 bits per heavy atom. The van der Waals surface area contributed by atoms with Crippen LogP contribution in [0.25, 0.3) is 0 Å². The molecule has 0 aromatic heterocycles. The van der Waals surface area contributed by atoms with Gasteiger partial charge in [0.1, 0.15) is 23.7 Å². The molecule has 2 atom stereocenters. The van der Waals surface area contributed by atoms with Crippen molar-refractivity contribution in [3.63, 3.8) is 0 Å². The normalized spacial score (nSPS) is 25.9. The van der Waals surface area contributed by atoms with Gasteiger partial charge in [-0.05, 0) is 34.6 Å². The van der Waals surface area contributed by atoms with E-state index in [-0.39, 0.29) is 24.6 Å². The van der Waals surface area contributed by atoms with Crippen LogP contribution in [0, 0.1) is 0 Å². The average Bonchev–Trinajstić information content (AvgIpc) is 2.74. The molecule has 8 heteroatoms. The van der Waals surface area contributed by atoms with Crippen LogP contribution in [0.2, 0.25) is 0 Å². The van der Waals surface area contributed by atoms with Gasteiger partial charge in [0.15, 0.2) is 0 Å². The lowest BCUT2D eigenvalue weighted by atomic mass is 10.0. The van der Waals surface area contributed by atoms with Gasteiger partial charge >= 0.3 is 12.1 Å². The summed E-state index contributed by atoms with van der Waals surface area (Å²) in [6.07, 6.45) is -0.0501. The fourth-order valence-corrected chi connectivity index (χ4v) is 2.78. The van der Waals surface area contributed by atoms with Gasteiger partial charge in [0.25, 0.3) is 0 Å². The van der Waals surface area contributed by atoms with E-state index in [1.54, 1.807) is 34.6 Å². The number of nitrogens with zero attached hydrogens (tertiary/aromatic N) is 1. The zero-order valence-corrected chi connectivity index (χ0v) is 15.5. The Hall–Kier alpha value is -2.09. The van der Waals surface area contributed by atoms with E-state index < -0.39 is 35.5 Å². The highest BCUT2D eigenvalue weighted by atomic mass is 16.6. The number of carbonyl (C=O) groups excluding carboxylic acids is 3. The summed E-state index contributed by atoms with van der Waals surface area (Å²) in [6, 6.07) is -0.496. The van der Waals surface area contributed by atoms with E-state index in [4.69, 9.17) is 18.9 Å². The third-order valence-electron chi connectivity index (χ3n) is 3.80. The quantitative estimate of drug-likeness (QED) is 0.701. The lowest BCUT2D eigenvalue weighted by molar-refractivity contribution is -0.142. The summed E-state index contributed by atoms with van der Waals surface area (Å²) in [5, 5.41) is 0. The standard InChI is InChI=1S/C17H25NO7/c1-10(19)24-14-9-22-13(7-12(14)20)11-8-23-17(5,6)18(11)15(21)25-16(2,3)4/h9,11,13H,7-8H2,1-6H3/t11-,13?/m0/s1. The lowest BCUT2D eigenvalue weighted by Crippen LogP contribution is -2.54. The third-order valence-corrected chi connectivity index (χ3v) is 3.80. The van der Waals surface area contributed by atoms with Crippen LogP contribution in [-0.2, 0) is 28.5 Å². The second-order valence-corrected chi connectivity index (χ2v) is 7.55. The highest BCUT2D eigenvalue weighted by Gasteiger charge is 2.50. The van der Waals surface area contributed by atoms with Crippen LogP contribution >= 0.6 is 0 Å². The number of hydrogen-bond acceptors (Lipinski definition) is 7. The van der Waals surface area contributed by atoms with E-state index in [1.165, 1.54) is 11.8 Å². The monoisotopic (exact) mass is 355 g/mol. The molecule has 140 valence electrons. The molecule has 2 rings (SSSR count). The molecular weight excluding hydrogens is 330 g/mol. The number of Topliss-reactive ketones (excluding diaryl/α,β-unsaturated/α-hetero) is 1. The average molecular weight is 355 g/mol. The largest absolute Gasteiger partial charge is 0.491 e. The molecule has 2 heterocycles. The third kappa shape index (κ3) is 4.50. The summed E-state index contributed by atoms with van der Waals surface area (Å²) in [7, 11) is 0. The zero-order valence-electron chi connectivity index (χ0n) is 15.5. The van der Waals surface area contributed by atoms with Crippen LogP contribution in [0.3, 0.4) is 0 Å². The van der Waals surface area contributed by atoms with Gasteiger partial charge in [0, 0.05) is 6.92 Å². The van der Waals surface area contributed by atoms with Crippen molar-refractivity contribution in [1.29, 1.82) is 0 Å². The number of ether oxygens (including phenoxy) is 4. The molecule has 0 saturated carbocycles. The number of rotatable bonds is 2. The maximum atomic E-state index is 12.6.